The van der Waals surface area contributed by atoms with Gasteiger partial charge in [0.1, 0.15) is 6.61 Å². The topological polar surface area (TPSA) is 92.7 Å². The minimum absolute atomic E-state index is 0.00149. The lowest BCUT2D eigenvalue weighted by Gasteiger charge is -2.16. The summed E-state index contributed by atoms with van der Waals surface area (Å²) in [5.41, 5.74) is 0.672. The SMILES string of the molecule is COCC(=O)NCc1c(I)c(C(=O)O)c(I)c(C(=O)Cl)c1I. The quantitative estimate of drug-likeness (QED) is 0.361. The number of carboxylic acid groups (broad SMARTS) is 1. The Balaban J connectivity index is 3.40. The maximum atomic E-state index is 11.6. The maximum absolute atomic E-state index is 11.6. The zero-order chi connectivity index (χ0) is 17.0. The van der Waals surface area contributed by atoms with Crippen LogP contribution in [0.25, 0.3) is 0 Å². The molecule has 2 N–H and O–H groups in total. The zero-order valence-corrected chi connectivity index (χ0v) is 18.2. The van der Waals surface area contributed by atoms with E-state index in [9.17, 15) is 19.5 Å². The molecule has 0 aliphatic heterocycles. The van der Waals surface area contributed by atoms with E-state index in [0.29, 0.717) is 12.7 Å². The van der Waals surface area contributed by atoms with Gasteiger partial charge in [-0.25, -0.2) is 4.79 Å². The van der Waals surface area contributed by atoms with Gasteiger partial charge in [0.2, 0.25) is 5.91 Å². The second-order valence-corrected chi connectivity index (χ2v) is 7.54. The zero-order valence-electron chi connectivity index (χ0n) is 11.0. The Hall–Kier alpha value is 0.270. The summed E-state index contributed by atoms with van der Waals surface area (Å²) in [6.07, 6.45) is 0. The van der Waals surface area contributed by atoms with Gasteiger partial charge in [0, 0.05) is 24.4 Å². The van der Waals surface area contributed by atoms with E-state index in [2.05, 4.69) is 5.32 Å². The molecule has 0 spiro atoms. The summed E-state index contributed by atoms with van der Waals surface area (Å²) in [5.74, 6) is -1.50. The Bertz CT molecular complexity index is 609. The number of ether oxygens (including phenoxy) is 1. The summed E-state index contributed by atoms with van der Waals surface area (Å²) < 4.78 is 5.97. The van der Waals surface area contributed by atoms with Crippen LogP contribution in [0.5, 0.6) is 0 Å². The predicted molar refractivity (Wildman–Crippen MR) is 105 cm³/mol. The number of halogens is 4. The number of hydrogen-bond donors (Lipinski definition) is 2. The van der Waals surface area contributed by atoms with E-state index in [1.54, 1.807) is 22.6 Å². The summed E-state index contributed by atoms with van der Waals surface area (Å²) in [4.78, 5) is 34.6. The van der Waals surface area contributed by atoms with E-state index < -0.39 is 11.2 Å². The van der Waals surface area contributed by atoms with Crippen molar-refractivity contribution in [1.29, 1.82) is 0 Å². The van der Waals surface area contributed by atoms with Crippen LogP contribution in [0.2, 0.25) is 0 Å². The molecule has 1 aromatic rings. The van der Waals surface area contributed by atoms with Crippen molar-refractivity contribution in [3.63, 3.8) is 0 Å². The average Bonchev–Trinajstić information content (AvgIpc) is 2.37. The molecule has 0 saturated heterocycles. The van der Waals surface area contributed by atoms with Crippen LogP contribution in [0.3, 0.4) is 0 Å². The van der Waals surface area contributed by atoms with Crippen molar-refractivity contribution in [3.8, 4) is 0 Å². The van der Waals surface area contributed by atoms with Gasteiger partial charge in [-0.1, -0.05) is 0 Å². The van der Waals surface area contributed by atoms with Crippen LogP contribution in [-0.2, 0) is 16.1 Å². The van der Waals surface area contributed by atoms with Crippen molar-refractivity contribution in [2.24, 2.45) is 0 Å². The van der Waals surface area contributed by atoms with E-state index >= 15 is 0 Å². The molecular weight excluding hydrogens is 654 g/mol. The molecule has 0 unspecified atom stereocenters. The summed E-state index contributed by atoms with van der Waals surface area (Å²) in [5, 5.41) is 11.2. The van der Waals surface area contributed by atoms with Gasteiger partial charge in [-0.2, -0.15) is 0 Å². The molecule has 0 radical (unpaired) electrons. The first kappa shape index (κ1) is 20.3. The van der Waals surface area contributed by atoms with Crippen LogP contribution in [0.4, 0.5) is 0 Å². The number of methoxy groups -OCH3 is 1. The van der Waals surface area contributed by atoms with Crippen LogP contribution in [0.15, 0.2) is 0 Å². The number of carbonyl (C=O) groups excluding carboxylic acids is 2. The van der Waals surface area contributed by atoms with Crippen LogP contribution in [0, 0.1) is 10.7 Å². The normalized spacial score (nSPS) is 10.4. The Labute approximate surface area is 172 Å². The van der Waals surface area contributed by atoms with Gasteiger partial charge >= 0.3 is 5.97 Å². The number of carboxylic acids is 1. The molecule has 0 fully saturated rings. The van der Waals surface area contributed by atoms with Gasteiger partial charge in [-0.15, -0.1) is 0 Å². The molecule has 22 heavy (non-hydrogen) atoms. The predicted octanol–water partition coefficient (Wildman–Crippen LogP) is 2.84. The summed E-state index contributed by atoms with van der Waals surface area (Å²) in [6, 6.07) is 0. The first-order valence-electron chi connectivity index (χ1n) is 5.60. The number of rotatable bonds is 6. The lowest BCUT2D eigenvalue weighted by molar-refractivity contribution is -0.124. The Morgan fingerprint density at radius 1 is 1.14 bits per heavy atom. The second kappa shape index (κ2) is 8.94. The van der Waals surface area contributed by atoms with Crippen LogP contribution in [-0.4, -0.2) is 35.9 Å². The number of aromatic carboxylic acids is 1. The third-order valence-electron chi connectivity index (χ3n) is 2.56. The first-order valence-corrected chi connectivity index (χ1v) is 9.21. The summed E-state index contributed by atoms with van der Waals surface area (Å²) in [7, 11) is 1.39. The molecule has 0 saturated carbocycles. The molecule has 120 valence electrons. The molecule has 1 amide bonds. The third kappa shape index (κ3) is 4.64. The lowest BCUT2D eigenvalue weighted by atomic mass is 10.1. The fourth-order valence-electron chi connectivity index (χ4n) is 1.60. The van der Waals surface area contributed by atoms with Crippen molar-refractivity contribution in [2.75, 3.05) is 13.7 Å². The fourth-order valence-corrected chi connectivity index (χ4v) is 6.61. The van der Waals surface area contributed by atoms with Crippen molar-refractivity contribution in [1.82, 2.24) is 5.32 Å². The van der Waals surface area contributed by atoms with Crippen molar-refractivity contribution in [3.05, 3.63) is 27.4 Å². The molecule has 6 nitrogen and oxygen atoms in total. The van der Waals surface area contributed by atoms with Gasteiger partial charge < -0.3 is 15.2 Å². The molecule has 10 heteroatoms. The van der Waals surface area contributed by atoms with Crippen molar-refractivity contribution >= 4 is 96.5 Å². The number of carbonyl (C=O) groups is 3. The molecule has 0 atom stereocenters. The largest absolute Gasteiger partial charge is 0.478 e. The standard InChI is InChI=1S/C12H9ClI3NO5/c1-22-3-5(18)17-2-4-8(14)6(11(13)19)10(16)7(9(4)15)12(20)21/h2-3H2,1H3,(H,17,18)(H,20,21). The van der Waals surface area contributed by atoms with Crippen molar-refractivity contribution in [2.45, 2.75) is 6.54 Å². The first-order chi connectivity index (χ1) is 10.2. The molecule has 1 rings (SSSR count). The van der Waals surface area contributed by atoms with E-state index in [1.807, 2.05) is 45.2 Å². The lowest BCUT2D eigenvalue weighted by Crippen LogP contribution is -2.28. The van der Waals surface area contributed by atoms with Crippen LogP contribution >= 0.6 is 79.4 Å². The van der Waals surface area contributed by atoms with E-state index in [-0.39, 0.29) is 33.8 Å². The highest BCUT2D eigenvalue weighted by Crippen LogP contribution is 2.33. The highest BCUT2D eigenvalue weighted by Gasteiger charge is 2.26. The highest BCUT2D eigenvalue weighted by molar-refractivity contribution is 14.1. The second-order valence-electron chi connectivity index (χ2n) is 3.96. The monoisotopic (exact) mass is 663 g/mol. The smallest absolute Gasteiger partial charge is 0.337 e. The average molecular weight is 663 g/mol. The van der Waals surface area contributed by atoms with Crippen LogP contribution < -0.4 is 5.32 Å². The summed E-state index contributed by atoms with van der Waals surface area (Å²) >= 11 is 11.2. The molecule has 0 bridgehead atoms. The van der Waals surface area contributed by atoms with Gasteiger partial charge in [0.25, 0.3) is 5.24 Å². The minimum atomic E-state index is -1.16. The Kier molecular flexibility index (Phi) is 8.25. The summed E-state index contributed by atoms with van der Waals surface area (Å²) in [6.45, 7) is -0.0300. The fraction of sp³-hybridized carbons (Fsp3) is 0.250. The van der Waals surface area contributed by atoms with E-state index in [0.717, 1.165) is 0 Å². The number of amides is 1. The van der Waals surface area contributed by atoms with Crippen molar-refractivity contribution < 1.29 is 24.2 Å². The molecule has 0 aliphatic rings. The van der Waals surface area contributed by atoms with Gasteiger partial charge in [0.05, 0.1) is 11.1 Å². The van der Waals surface area contributed by atoms with Gasteiger partial charge in [0.15, 0.2) is 0 Å². The number of hydrogen-bond acceptors (Lipinski definition) is 4. The maximum Gasteiger partial charge on any atom is 0.337 e. The Morgan fingerprint density at radius 2 is 1.68 bits per heavy atom. The molecule has 0 aliphatic carbocycles. The molecule has 0 aromatic heterocycles. The van der Waals surface area contributed by atoms with Crippen LogP contribution in [0.1, 0.15) is 26.3 Å². The van der Waals surface area contributed by atoms with E-state index in [1.165, 1.54) is 7.11 Å². The Morgan fingerprint density at radius 3 is 2.14 bits per heavy atom. The molecular formula is C12H9ClI3NO5. The molecule has 0 heterocycles. The third-order valence-corrected chi connectivity index (χ3v) is 6.20. The number of nitrogens with one attached hydrogen (secondary N) is 1. The highest BCUT2D eigenvalue weighted by atomic mass is 127. The van der Waals surface area contributed by atoms with Gasteiger partial charge in [-0.3, -0.25) is 9.59 Å². The minimum Gasteiger partial charge on any atom is -0.478 e. The van der Waals surface area contributed by atoms with E-state index in [4.69, 9.17) is 16.3 Å². The number of benzene rings is 1. The van der Waals surface area contributed by atoms with Gasteiger partial charge in [-0.05, 0) is 84.9 Å². The molecule has 1 aromatic carbocycles.